The highest BCUT2D eigenvalue weighted by Crippen LogP contribution is 2.27. The van der Waals surface area contributed by atoms with Crippen molar-refractivity contribution in [3.05, 3.63) is 30.3 Å². The molecular weight excluding hydrogens is 328 g/mol. The fourth-order valence-corrected chi connectivity index (χ4v) is 3.23. The molecule has 0 aliphatic heterocycles. The molecule has 0 bridgehead atoms. The van der Waals surface area contributed by atoms with Crippen LogP contribution in [0.3, 0.4) is 0 Å². The molecule has 0 atom stereocenters. The van der Waals surface area contributed by atoms with Gasteiger partial charge >= 0.3 is 0 Å². The second-order valence-electron chi connectivity index (χ2n) is 6.76. The number of para-hydroxylation sites is 1. The van der Waals surface area contributed by atoms with Crippen LogP contribution in [0.4, 0.5) is 0 Å². The first-order chi connectivity index (χ1) is 12.7. The molecule has 144 valence electrons. The maximum Gasteiger partial charge on any atom is 0.220 e. The number of benzene rings is 1. The smallest absolute Gasteiger partial charge is 0.220 e. The van der Waals surface area contributed by atoms with Gasteiger partial charge < -0.3 is 20.3 Å². The Morgan fingerprint density at radius 3 is 2.58 bits per heavy atom. The van der Waals surface area contributed by atoms with E-state index in [4.69, 9.17) is 4.74 Å². The Balaban J connectivity index is 1.58. The number of nitrogens with zero attached hydrogens (tertiary/aromatic N) is 2. The molecule has 6 heteroatoms. The molecule has 1 amide bonds. The van der Waals surface area contributed by atoms with Gasteiger partial charge in [0.15, 0.2) is 5.96 Å². The van der Waals surface area contributed by atoms with Gasteiger partial charge in [-0.1, -0.05) is 31.0 Å². The zero-order chi connectivity index (χ0) is 18.6. The molecule has 1 aliphatic carbocycles. The lowest BCUT2D eigenvalue weighted by atomic mass is 10.0. The van der Waals surface area contributed by atoms with Crippen molar-refractivity contribution in [1.82, 2.24) is 15.5 Å². The number of carbonyl (C=O) groups excluding carboxylic acids is 1. The van der Waals surface area contributed by atoms with E-state index in [9.17, 15) is 4.79 Å². The summed E-state index contributed by atoms with van der Waals surface area (Å²) in [5, 5.41) is 6.27. The van der Waals surface area contributed by atoms with Gasteiger partial charge in [-0.05, 0) is 30.9 Å². The summed E-state index contributed by atoms with van der Waals surface area (Å²) in [7, 11) is 3.73. The van der Waals surface area contributed by atoms with Crippen LogP contribution in [-0.2, 0) is 4.79 Å². The third-order valence-corrected chi connectivity index (χ3v) is 4.69. The molecule has 1 aromatic rings. The number of guanidine groups is 1. The Labute approximate surface area is 157 Å². The van der Waals surface area contributed by atoms with Crippen LogP contribution in [0, 0.1) is 5.92 Å². The predicted molar refractivity (Wildman–Crippen MR) is 106 cm³/mol. The van der Waals surface area contributed by atoms with E-state index >= 15 is 0 Å². The van der Waals surface area contributed by atoms with Crippen LogP contribution in [0.25, 0.3) is 0 Å². The number of hydrogen-bond donors (Lipinski definition) is 2. The van der Waals surface area contributed by atoms with Gasteiger partial charge in [-0.25, -0.2) is 0 Å². The number of aliphatic imine (C=N–C) groups is 1. The first-order valence-corrected chi connectivity index (χ1v) is 9.55. The summed E-state index contributed by atoms with van der Waals surface area (Å²) in [5.41, 5.74) is 0. The number of carbonyl (C=O) groups is 1. The van der Waals surface area contributed by atoms with Gasteiger partial charge in [-0.3, -0.25) is 9.79 Å². The average Bonchev–Trinajstić information content (AvgIpc) is 3.15. The topological polar surface area (TPSA) is 66.0 Å². The van der Waals surface area contributed by atoms with E-state index in [2.05, 4.69) is 15.6 Å². The number of amides is 1. The summed E-state index contributed by atoms with van der Waals surface area (Å²) in [6.07, 6.45) is 5.63. The number of rotatable bonds is 9. The van der Waals surface area contributed by atoms with Crippen LogP contribution >= 0.6 is 0 Å². The fourth-order valence-electron chi connectivity index (χ4n) is 3.23. The summed E-state index contributed by atoms with van der Waals surface area (Å²) in [5.74, 6) is 2.42. The van der Waals surface area contributed by atoms with Crippen LogP contribution in [-0.4, -0.2) is 57.1 Å². The van der Waals surface area contributed by atoms with Gasteiger partial charge in [0.2, 0.25) is 5.91 Å². The molecule has 2 N–H and O–H groups in total. The predicted octanol–water partition coefficient (Wildman–Crippen LogP) is 2.27. The maximum atomic E-state index is 11.9. The molecule has 1 saturated carbocycles. The standard InChI is InChI=1S/C20H32N4O2/c1-21-20(24(2)14-15-26-18-10-4-3-5-11-18)23-13-12-22-19(25)16-17-8-6-7-9-17/h3-5,10-11,17H,6-9,12-16H2,1-2H3,(H,21,23)(H,22,25). The Hall–Kier alpha value is -2.24. The van der Waals surface area contributed by atoms with Gasteiger partial charge in [0.25, 0.3) is 0 Å². The van der Waals surface area contributed by atoms with E-state index in [-0.39, 0.29) is 5.91 Å². The Bertz CT molecular complexity index is 556. The third kappa shape index (κ3) is 7.33. The Morgan fingerprint density at radius 1 is 1.19 bits per heavy atom. The first kappa shape index (κ1) is 20.1. The second-order valence-corrected chi connectivity index (χ2v) is 6.76. The lowest BCUT2D eigenvalue weighted by molar-refractivity contribution is -0.121. The van der Waals surface area contributed by atoms with Crippen molar-refractivity contribution in [2.75, 3.05) is 40.3 Å². The normalized spacial score (nSPS) is 14.9. The van der Waals surface area contributed by atoms with E-state index in [1.807, 2.05) is 42.3 Å². The van der Waals surface area contributed by atoms with E-state index in [0.29, 0.717) is 32.0 Å². The highest BCUT2D eigenvalue weighted by Gasteiger charge is 2.18. The molecule has 0 heterocycles. The van der Waals surface area contributed by atoms with Crippen molar-refractivity contribution in [2.45, 2.75) is 32.1 Å². The minimum atomic E-state index is 0.165. The minimum absolute atomic E-state index is 0.165. The molecule has 26 heavy (non-hydrogen) atoms. The molecule has 1 fully saturated rings. The Morgan fingerprint density at radius 2 is 1.88 bits per heavy atom. The number of ether oxygens (including phenoxy) is 1. The molecule has 6 nitrogen and oxygen atoms in total. The quantitative estimate of drug-likeness (QED) is 0.403. The zero-order valence-electron chi connectivity index (χ0n) is 16.0. The second kappa shape index (κ2) is 11.4. The molecule has 0 aromatic heterocycles. The van der Waals surface area contributed by atoms with Crippen molar-refractivity contribution in [3.8, 4) is 5.75 Å². The van der Waals surface area contributed by atoms with Gasteiger partial charge in [0.05, 0.1) is 6.54 Å². The molecule has 2 rings (SSSR count). The lowest BCUT2D eigenvalue weighted by Crippen LogP contribution is -2.43. The van der Waals surface area contributed by atoms with Crippen molar-refractivity contribution < 1.29 is 9.53 Å². The number of hydrogen-bond acceptors (Lipinski definition) is 3. The van der Waals surface area contributed by atoms with Crippen LogP contribution in [0.2, 0.25) is 0 Å². The highest BCUT2D eigenvalue weighted by molar-refractivity contribution is 5.79. The van der Waals surface area contributed by atoms with E-state index < -0.39 is 0 Å². The van der Waals surface area contributed by atoms with Crippen LogP contribution < -0.4 is 15.4 Å². The molecule has 0 spiro atoms. The molecular formula is C20H32N4O2. The largest absolute Gasteiger partial charge is 0.492 e. The highest BCUT2D eigenvalue weighted by atomic mass is 16.5. The maximum absolute atomic E-state index is 11.9. The van der Waals surface area contributed by atoms with Crippen LogP contribution in [0.5, 0.6) is 5.75 Å². The molecule has 1 aliphatic rings. The summed E-state index contributed by atoms with van der Waals surface area (Å²) < 4.78 is 5.71. The number of likely N-dealkylation sites (N-methyl/N-ethyl adjacent to an activating group) is 1. The van der Waals surface area contributed by atoms with Crippen LogP contribution in [0.1, 0.15) is 32.1 Å². The van der Waals surface area contributed by atoms with Gasteiger partial charge in [0.1, 0.15) is 12.4 Å². The SMILES string of the molecule is CN=C(NCCNC(=O)CC1CCCC1)N(C)CCOc1ccccc1. The zero-order valence-corrected chi connectivity index (χ0v) is 16.0. The lowest BCUT2D eigenvalue weighted by Gasteiger charge is -2.22. The molecule has 0 saturated heterocycles. The van der Waals surface area contributed by atoms with Crippen molar-refractivity contribution >= 4 is 11.9 Å². The summed E-state index contributed by atoms with van der Waals surface area (Å²) in [6, 6.07) is 9.78. The fraction of sp³-hybridized carbons (Fsp3) is 0.600. The van der Waals surface area contributed by atoms with E-state index in [1.54, 1.807) is 7.05 Å². The van der Waals surface area contributed by atoms with Gasteiger partial charge in [-0.15, -0.1) is 0 Å². The molecule has 0 radical (unpaired) electrons. The van der Waals surface area contributed by atoms with E-state index in [0.717, 1.165) is 18.3 Å². The molecule has 1 aromatic carbocycles. The monoisotopic (exact) mass is 360 g/mol. The minimum Gasteiger partial charge on any atom is -0.492 e. The average molecular weight is 361 g/mol. The van der Waals surface area contributed by atoms with Crippen molar-refractivity contribution in [3.63, 3.8) is 0 Å². The summed E-state index contributed by atoms with van der Waals surface area (Å²) in [4.78, 5) is 18.2. The van der Waals surface area contributed by atoms with Gasteiger partial charge in [-0.2, -0.15) is 0 Å². The number of nitrogens with one attached hydrogen (secondary N) is 2. The first-order valence-electron chi connectivity index (χ1n) is 9.55. The van der Waals surface area contributed by atoms with Crippen molar-refractivity contribution in [1.29, 1.82) is 0 Å². The van der Waals surface area contributed by atoms with E-state index in [1.165, 1.54) is 25.7 Å². The van der Waals surface area contributed by atoms with Crippen molar-refractivity contribution in [2.24, 2.45) is 10.9 Å². The van der Waals surface area contributed by atoms with Crippen LogP contribution in [0.15, 0.2) is 35.3 Å². The third-order valence-electron chi connectivity index (χ3n) is 4.69. The Kier molecular flexibility index (Phi) is 8.79. The summed E-state index contributed by atoms with van der Waals surface area (Å²) in [6.45, 7) is 2.58. The van der Waals surface area contributed by atoms with Gasteiger partial charge in [0, 0.05) is 33.6 Å². The summed E-state index contributed by atoms with van der Waals surface area (Å²) >= 11 is 0. The molecule has 0 unspecified atom stereocenters.